The van der Waals surface area contributed by atoms with Crippen molar-refractivity contribution in [2.24, 2.45) is 14.1 Å². The zero-order chi connectivity index (χ0) is 19.8. The van der Waals surface area contributed by atoms with Gasteiger partial charge in [-0.2, -0.15) is 0 Å². The fraction of sp³-hybridized carbons (Fsp3) is 0.182. The third-order valence-electron chi connectivity index (χ3n) is 5.11. The van der Waals surface area contributed by atoms with Gasteiger partial charge in [0.2, 0.25) is 0 Å². The van der Waals surface area contributed by atoms with Crippen LogP contribution in [-0.2, 0) is 27.1 Å². The SMILES string of the molecule is Cn1c(=O)c2c(-c3ccc(Br)cc3)n(CCc3ccccc3)cc2n(C)c1=O. The second-order valence-electron chi connectivity index (χ2n) is 6.88. The van der Waals surface area contributed by atoms with Gasteiger partial charge in [-0.15, -0.1) is 0 Å². The quantitative estimate of drug-likeness (QED) is 0.488. The third-order valence-corrected chi connectivity index (χ3v) is 5.64. The fourth-order valence-electron chi connectivity index (χ4n) is 3.58. The second-order valence-corrected chi connectivity index (χ2v) is 7.80. The van der Waals surface area contributed by atoms with E-state index in [4.69, 9.17) is 0 Å². The van der Waals surface area contributed by atoms with Gasteiger partial charge in [0.05, 0.1) is 16.6 Å². The Morgan fingerprint density at radius 3 is 2.25 bits per heavy atom. The van der Waals surface area contributed by atoms with E-state index in [1.807, 2.05) is 48.7 Å². The van der Waals surface area contributed by atoms with Crippen LogP contribution in [0.1, 0.15) is 5.56 Å². The van der Waals surface area contributed by atoms with Crippen molar-refractivity contribution in [2.75, 3.05) is 0 Å². The van der Waals surface area contributed by atoms with Crippen LogP contribution in [0, 0.1) is 0 Å². The van der Waals surface area contributed by atoms with Crippen molar-refractivity contribution >= 4 is 26.8 Å². The molecule has 0 aliphatic rings. The summed E-state index contributed by atoms with van der Waals surface area (Å²) in [5.74, 6) is 0. The molecule has 0 fully saturated rings. The Morgan fingerprint density at radius 2 is 1.57 bits per heavy atom. The first-order valence-corrected chi connectivity index (χ1v) is 9.85. The molecule has 0 N–H and O–H groups in total. The molecular weight excluding hydrogens is 418 g/mol. The number of hydrogen-bond donors (Lipinski definition) is 0. The molecule has 5 nitrogen and oxygen atoms in total. The molecular formula is C22H20BrN3O2. The number of rotatable bonds is 4. The van der Waals surface area contributed by atoms with E-state index in [9.17, 15) is 9.59 Å². The zero-order valence-corrected chi connectivity index (χ0v) is 17.3. The summed E-state index contributed by atoms with van der Waals surface area (Å²) in [7, 11) is 3.23. The van der Waals surface area contributed by atoms with Gasteiger partial charge in [-0.05, 0) is 29.7 Å². The van der Waals surface area contributed by atoms with Crippen LogP contribution >= 0.6 is 15.9 Å². The minimum absolute atomic E-state index is 0.269. The average Bonchev–Trinajstić information content (AvgIpc) is 3.10. The van der Waals surface area contributed by atoms with Crippen LogP contribution in [0.5, 0.6) is 0 Å². The van der Waals surface area contributed by atoms with Crippen molar-refractivity contribution in [2.45, 2.75) is 13.0 Å². The lowest BCUT2D eigenvalue weighted by Gasteiger charge is -2.10. The van der Waals surface area contributed by atoms with Gasteiger partial charge in [-0.3, -0.25) is 13.9 Å². The van der Waals surface area contributed by atoms with Crippen molar-refractivity contribution in [1.29, 1.82) is 0 Å². The Hall–Kier alpha value is -2.86. The van der Waals surface area contributed by atoms with E-state index in [0.717, 1.165) is 22.2 Å². The summed E-state index contributed by atoms with van der Waals surface area (Å²) >= 11 is 3.47. The molecule has 2 heterocycles. The molecule has 0 spiro atoms. The van der Waals surface area contributed by atoms with E-state index in [1.54, 1.807) is 7.05 Å². The van der Waals surface area contributed by atoms with Crippen LogP contribution in [0.25, 0.3) is 22.2 Å². The van der Waals surface area contributed by atoms with Crippen molar-refractivity contribution in [1.82, 2.24) is 13.7 Å². The van der Waals surface area contributed by atoms with Crippen molar-refractivity contribution < 1.29 is 0 Å². The summed E-state index contributed by atoms with van der Waals surface area (Å²) in [6.45, 7) is 0.710. The van der Waals surface area contributed by atoms with Gasteiger partial charge in [0.15, 0.2) is 0 Å². The van der Waals surface area contributed by atoms with Gasteiger partial charge >= 0.3 is 5.69 Å². The van der Waals surface area contributed by atoms with E-state index in [-0.39, 0.29) is 11.2 Å². The highest BCUT2D eigenvalue weighted by molar-refractivity contribution is 9.10. The second kappa shape index (κ2) is 7.28. The zero-order valence-electron chi connectivity index (χ0n) is 15.7. The molecule has 4 rings (SSSR count). The van der Waals surface area contributed by atoms with E-state index >= 15 is 0 Å². The molecule has 0 aliphatic heterocycles. The summed E-state index contributed by atoms with van der Waals surface area (Å²) in [6.07, 6.45) is 2.75. The van der Waals surface area contributed by atoms with E-state index in [2.05, 4.69) is 32.6 Å². The normalized spacial score (nSPS) is 11.2. The van der Waals surface area contributed by atoms with Crippen molar-refractivity contribution in [3.63, 3.8) is 0 Å². The largest absolute Gasteiger partial charge is 0.344 e. The van der Waals surface area contributed by atoms with Crippen LogP contribution in [0.15, 0.2) is 74.9 Å². The summed E-state index contributed by atoms with van der Waals surface area (Å²) in [5.41, 5.74) is 3.08. The molecule has 142 valence electrons. The summed E-state index contributed by atoms with van der Waals surface area (Å²) in [6, 6.07) is 18.1. The number of aromatic nitrogens is 3. The van der Waals surface area contributed by atoms with Crippen LogP contribution in [-0.4, -0.2) is 13.7 Å². The maximum Gasteiger partial charge on any atom is 0.330 e. The lowest BCUT2D eigenvalue weighted by atomic mass is 10.1. The van der Waals surface area contributed by atoms with Crippen LogP contribution in [0.3, 0.4) is 0 Å². The average molecular weight is 438 g/mol. The van der Waals surface area contributed by atoms with E-state index in [0.29, 0.717) is 17.4 Å². The van der Waals surface area contributed by atoms with Gasteiger partial charge in [-0.25, -0.2) is 4.79 Å². The third kappa shape index (κ3) is 3.14. The number of fused-ring (bicyclic) bond motifs is 1. The van der Waals surface area contributed by atoms with Gasteiger partial charge in [0.1, 0.15) is 0 Å². The minimum Gasteiger partial charge on any atom is -0.344 e. The summed E-state index contributed by atoms with van der Waals surface area (Å²) in [5, 5.41) is 0.569. The van der Waals surface area contributed by atoms with E-state index in [1.165, 1.54) is 21.7 Å². The topological polar surface area (TPSA) is 48.9 Å². The van der Waals surface area contributed by atoms with Crippen LogP contribution < -0.4 is 11.2 Å². The maximum atomic E-state index is 13.0. The molecule has 28 heavy (non-hydrogen) atoms. The van der Waals surface area contributed by atoms with Crippen molar-refractivity contribution in [3.05, 3.63) is 91.7 Å². The summed E-state index contributed by atoms with van der Waals surface area (Å²) in [4.78, 5) is 25.4. The predicted molar refractivity (Wildman–Crippen MR) is 116 cm³/mol. The van der Waals surface area contributed by atoms with Gasteiger partial charge in [0.25, 0.3) is 5.56 Å². The van der Waals surface area contributed by atoms with E-state index < -0.39 is 0 Å². The Balaban J connectivity index is 1.95. The van der Waals surface area contributed by atoms with Gasteiger partial charge in [-0.1, -0.05) is 58.4 Å². The first kappa shape index (κ1) is 18.5. The molecule has 0 aliphatic carbocycles. The first-order valence-electron chi connectivity index (χ1n) is 9.06. The molecule has 6 heteroatoms. The Morgan fingerprint density at radius 1 is 0.893 bits per heavy atom. The predicted octanol–water partition coefficient (Wildman–Crippen LogP) is 3.71. The molecule has 0 unspecified atom stereocenters. The Bertz CT molecular complexity index is 1270. The maximum absolute atomic E-state index is 13.0. The highest BCUT2D eigenvalue weighted by Crippen LogP contribution is 2.29. The number of aryl methyl sites for hydroxylation is 3. The van der Waals surface area contributed by atoms with Crippen LogP contribution in [0.4, 0.5) is 0 Å². The lowest BCUT2D eigenvalue weighted by molar-refractivity contribution is 0.704. The minimum atomic E-state index is -0.319. The number of benzene rings is 2. The molecule has 0 amide bonds. The number of hydrogen-bond acceptors (Lipinski definition) is 2. The van der Waals surface area contributed by atoms with Crippen molar-refractivity contribution in [3.8, 4) is 11.3 Å². The Labute approximate surface area is 170 Å². The molecule has 0 saturated carbocycles. The molecule has 4 aromatic rings. The molecule has 0 radical (unpaired) electrons. The van der Waals surface area contributed by atoms with Gasteiger partial charge in [0, 0.05) is 31.3 Å². The van der Waals surface area contributed by atoms with Gasteiger partial charge < -0.3 is 4.57 Å². The fourth-order valence-corrected chi connectivity index (χ4v) is 3.84. The number of halogens is 1. The highest BCUT2D eigenvalue weighted by Gasteiger charge is 2.19. The monoisotopic (exact) mass is 437 g/mol. The smallest absolute Gasteiger partial charge is 0.330 e. The first-order chi connectivity index (χ1) is 13.5. The molecule has 0 atom stereocenters. The lowest BCUT2D eigenvalue weighted by Crippen LogP contribution is -2.36. The highest BCUT2D eigenvalue weighted by atomic mass is 79.9. The Kier molecular flexibility index (Phi) is 4.81. The molecule has 2 aromatic heterocycles. The molecule has 0 bridgehead atoms. The standard InChI is InChI=1S/C22H20BrN3O2/c1-24-18-14-26(13-12-15-6-4-3-5-7-15)20(16-8-10-17(23)11-9-16)19(18)21(27)25(2)22(24)28/h3-11,14H,12-13H2,1-2H3. The summed E-state index contributed by atoms with van der Waals surface area (Å²) < 4.78 is 5.77. The molecule has 0 saturated heterocycles. The number of nitrogens with zero attached hydrogens (tertiary/aromatic N) is 3. The molecule has 2 aromatic carbocycles. The van der Waals surface area contributed by atoms with Crippen LogP contribution in [0.2, 0.25) is 0 Å².